The molecule has 0 spiro atoms. The van der Waals surface area contributed by atoms with Crippen LogP contribution in [0.1, 0.15) is 28.8 Å². The molecule has 1 amide bonds. The minimum Gasteiger partial charge on any atom is -0.381 e. The molecule has 1 fully saturated rings. The highest BCUT2D eigenvalue weighted by Gasteiger charge is 2.20. The minimum absolute atomic E-state index is 0.192. The van der Waals surface area contributed by atoms with Gasteiger partial charge in [0.1, 0.15) is 5.82 Å². The van der Waals surface area contributed by atoms with Crippen LogP contribution in [0, 0.1) is 0 Å². The number of ether oxygens (including phenoxy) is 1. The molecule has 3 N–H and O–H groups in total. The van der Waals surface area contributed by atoms with Gasteiger partial charge in [-0.3, -0.25) is 9.00 Å². The van der Waals surface area contributed by atoms with Crippen molar-refractivity contribution in [3.05, 3.63) is 52.7 Å². The lowest BCUT2D eigenvalue weighted by Crippen LogP contribution is -2.25. The van der Waals surface area contributed by atoms with Gasteiger partial charge in [-0.05, 0) is 36.6 Å². The van der Waals surface area contributed by atoms with E-state index in [2.05, 4.69) is 10.3 Å². The first-order valence-electron chi connectivity index (χ1n) is 8.29. The van der Waals surface area contributed by atoms with Crippen molar-refractivity contribution in [2.75, 3.05) is 18.5 Å². The largest absolute Gasteiger partial charge is 0.381 e. The van der Waals surface area contributed by atoms with Gasteiger partial charge in [0.15, 0.2) is 0 Å². The summed E-state index contributed by atoms with van der Waals surface area (Å²) in [6, 6.07) is 9.12. The molecule has 3 rings (SSSR count). The normalized spacial score (nSPS) is 16.2. The second-order valence-corrected chi connectivity index (χ2v) is 8.20. The Morgan fingerprint density at radius 3 is 2.81 bits per heavy atom. The van der Waals surface area contributed by atoms with E-state index in [1.807, 2.05) is 24.3 Å². The zero-order chi connectivity index (χ0) is 18.5. The molecule has 1 aromatic carbocycles. The summed E-state index contributed by atoms with van der Waals surface area (Å²) in [4.78, 5) is 15.3. The maximum Gasteiger partial charge on any atom is 0.250 e. The Morgan fingerprint density at radius 1 is 1.35 bits per heavy atom. The number of carbonyl (C=O) groups is 1. The topological polar surface area (TPSA) is 94.3 Å². The average Bonchev–Trinajstić information content (AvgIpc) is 2.64. The van der Waals surface area contributed by atoms with Gasteiger partial charge in [-0.1, -0.05) is 23.7 Å². The van der Waals surface area contributed by atoms with E-state index in [0.29, 0.717) is 29.8 Å². The summed E-state index contributed by atoms with van der Waals surface area (Å²) in [6.07, 6.45) is 3.06. The minimum atomic E-state index is -0.926. The van der Waals surface area contributed by atoms with Crippen molar-refractivity contribution in [3.63, 3.8) is 0 Å². The predicted octanol–water partition coefficient (Wildman–Crippen LogP) is 3.01. The molecule has 1 saturated heterocycles. The Labute approximate surface area is 159 Å². The molecule has 1 aliphatic rings. The molecular weight excluding hydrogens is 374 g/mol. The van der Waals surface area contributed by atoms with Gasteiger partial charge in [-0.2, -0.15) is 0 Å². The fraction of sp³-hybridized carbons (Fsp3) is 0.333. The Hall–Kier alpha value is -1.96. The molecule has 1 aromatic heterocycles. The Bertz CT molecular complexity index is 825. The lowest BCUT2D eigenvalue weighted by molar-refractivity contribution is 0.0991. The van der Waals surface area contributed by atoms with Gasteiger partial charge in [0.2, 0.25) is 5.91 Å². The van der Waals surface area contributed by atoms with Gasteiger partial charge in [0, 0.05) is 46.9 Å². The molecule has 1 atom stereocenters. The molecule has 1 unspecified atom stereocenters. The van der Waals surface area contributed by atoms with Crippen molar-refractivity contribution in [2.24, 2.45) is 5.73 Å². The fourth-order valence-corrected chi connectivity index (χ4v) is 4.44. The van der Waals surface area contributed by atoms with E-state index >= 15 is 0 Å². The van der Waals surface area contributed by atoms with Crippen LogP contribution in [0.3, 0.4) is 0 Å². The van der Waals surface area contributed by atoms with Crippen LogP contribution in [0.15, 0.2) is 36.5 Å². The number of hydrogen-bond donors (Lipinski definition) is 2. The van der Waals surface area contributed by atoms with E-state index in [4.69, 9.17) is 22.1 Å². The average molecular weight is 394 g/mol. The molecule has 0 aliphatic carbocycles. The number of primary amides is 1. The molecule has 2 heterocycles. The van der Waals surface area contributed by atoms with Crippen molar-refractivity contribution >= 4 is 39.8 Å². The summed E-state index contributed by atoms with van der Waals surface area (Å²) in [7, 11) is -0.926. The van der Waals surface area contributed by atoms with Gasteiger partial charge in [0.05, 0.1) is 10.6 Å². The number of pyridine rings is 1. The van der Waals surface area contributed by atoms with E-state index in [1.165, 1.54) is 12.3 Å². The van der Waals surface area contributed by atoms with Gasteiger partial charge < -0.3 is 15.8 Å². The number of hydrogen-bond acceptors (Lipinski definition) is 5. The summed E-state index contributed by atoms with van der Waals surface area (Å²) < 4.78 is 17.9. The van der Waals surface area contributed by atoms with Gasteiger partial charge in [0.25, 0.3) is 0 Å². The van der Waals surface area contributed by atoms with Crippen LogP contribution in [0.25, 0.3) is 0 Å². The Kier molecular flexibility index (Phi) is 6.24. The first kappa shape index (κ1) is 18.8. The number of nitrogens with zero attached hydrogens (tertiary/aromatic N) is 1. The molecule has 6 nitrogen and oxygen atoms in total. The van der Waals surface area contributed by atoms with Crippen molar-refractivity contribution < 1.29 is 13.7 Å². The molecule has 138 valence electrons. The Morgan fingerprint density at radius 2 is 2.12 bits per heavy atom. The quantitative estimate of drug-likeness (QED) is 0.786. The van der Waals surface area contributed by atoms with E-state index < -0.39 is 16.7 Å². The summed E-state index contributed by atoms with van der Waals surface area (Å²) in [5.74, 6) is 0.352. The number of aromatic nitrogens is 1. The zero-order valence-corrected chi connectivity index (χ0v) is 15.7. The smallest absolute Gasteiger partial charge is 0.250 e. The first-order chi connectivity index (χ1) is 12.5. The monoisotopic (exact) mass is 393 g/mol. The fourth-order valence-electron chi connectivity index (χ4n) is 2.76. The first-order valence-corrected chi connectivity index (χ1v) is 10.0. The molecule has 8 heteroatoms. The van der Waals surface area contributed by atoms with Crippen LogP contribution in [0.4, 0.5) is 11.5 Å². The predicted molar refractivity (Wildman–Crippen MR) is 103 cm³/mol. The number of benzene rings is 1. The maximum absolute atomic E-state index is 12.6. The number of rotatable bonds is 6. The lowest BCUT2D eigenvalue weighted by Gasteiger charge is -2.21. The van der Waals surface area contributed by atoms with Crippen LogP contribution >= 0.6 is 11.6 Å². The number of nitrogens with two attached hydrogens (primary N) is 1. The van der Waals surface area contributed by atoms with Crippen molar-refractivity contribution in [3.8, 4) is 0 Å². The van der Waals surface area contributed by atoms with Crippen molar-refractivity contribution in [1.82, 2.24) is 4.98 Å². The number of anilines is 2. The van der Waals surface area contributed by atoms with E-state index in [1.54, 1.807) is 0 Å². The van der Waals surface area contributed by atoms with Crippen LogP contribution in [0.2, 0.25) is 5.02 Å². The van der Waals surface area contributed by atoms with Gasteiger partial charge in [-0.15, -0.1) is 0 Å². The number of amides is 1. The molecule has 0 radical (unpaired) electrons. The van der Waals surface area contributed by atoms with Gasteiger partial charge >= 0.3 is 0 Å². The molecule has 26 heavy (non-hydrogen) atoms. The summed E-state index contributed by atoms with van der Waals surface area (Å²) >= 11 is 6.16. The van der Waals surface area contributed by atoms with Gasteiger partial charge in [-0.25, -0.2) is 4.98 Å². The number of nitrogens with one attached hydrogen (secondary N) is 1. The lowest BCUT2D eigenvalue weighted by atomic mass is 10.2. The zero-order valence-electron chi connectivity index (χ0n) is 14.1. The summed E-state index contributed by atoms with van der Waals surface area (Å²) in [5.41, 5.74) is 7.23. The summed E-state index contributed by atoms with van der Waals surface area (Å²) in [6.45, 7) is 1.37. The third-order valence-electron chi connectivity index (χ3n) is 4.16. The molecule has 1 aliphatic heterocycles. The second kappa shape index (κ2) is 8.62. The second-order valence-electron chi connectivity index (χ2n) is 6.08. The standard InChI is InChI=1S/C18H20ClN3O3S/c19-16-9-13(17(20)23)10-21-18(16)22-14-3-1-2-12(8-14)11-26(24)15-4-6-25-7-5-15/h1-3,8-10,15H,4-7,11H2,(H2,20,23)(H,21,22). The van der Waals surface area contributed by atoms with Crippen LogP contribution in [-0.4, -0.2) is 33.6 Å². The third-order valence-corrected chi connectivity index (χ3v) is 6.29. The highest BCUT2D eigenvalue weighted by molar-refractivity contribution is 7.84. The highest BCUT2D eigenvalue weighted by atomic mass is 35.5. The van der Waals surface area contributed by atoms with Crippen molar-refractivity contribution in [1.29, 1.82) is 0 Å². The van der Waals surface area contributed by atoms with E-state index in [-0.39, 0.29) is 10.8 Å². The number of halogens is 1. The van der Waals surface area contributed by atoms with Crippen LogP contribution in [-0.2, 0) is 21.3 Å². The highest BCUT2D eigenvalue weighted by Crippen LogP contribution is 2.25. The van der Waals surface area contributed by atoms with Crippen LogP contribution < -0.4 is 11.1 Å². The Balaban J connectivity index is 1.69. The third kappa shape index (κ3) is 4.81. The van der Waals surface area contributed by atoms with E-state index in [9.17, 15) is 9.00 Å². The SMILES string of the molecule is NC(=O)c1cnc(Nc2cccc(CS(=O)C3CCOCC3)c2)c(Cl)c1. The molecule has 0 bridgehead atoms. The van der Waals surface area contributed by atoms with Crippen LogP contribution in [0.5, 0.6) is 0 Å². The molecule has 0 saturated carbocycles. The van der Waals surface area contributed by atoms with E-state index in [0.717, 1.165) is 24.1 Å². The maximum atomic E-state index is 12.6. The van der Waals surface area contributed by atoms with Crippen molar-refractivity contribution in [2.45, 2.75) is 23.8 Å². The summed E-state index contributed by atoms with van der Waals surface area (Å²) in [5, 5.41) is 3.61. The number of carbonyl (C=O) groups excluding carboxylic acids is 1. The molecule has 2 aromatic rings. The molecular formula is C18H20ClN3O3S.